The van der Waals surface area contributed by atoms with Crippen molar-refractivity contribution in [3.63, 3.8) is 0 Å². The molecule has 0 aromatic heterocycles. The van der Waals surface area contributed by atoms with Crippen molar-refractivity contribution in [1.29, 1.82) is 0 Å². The van der Waals surface area contributed by atoms with Crippen LogP contribution < -0.4 is 24.4 Å². The van der Waals surface area contributed by atoms with Gasteiger partial charge in [0.05, 0.1) is 25.5 Å². The summed E-state index contributed by atoms with van der Waals surface area (Å²) >= 11 is 0. The summed E-state index contributed by atoms with van der Waals surface area (Å²) in [6.07, 6.45) is 1.45. The Morgan fingerprint density at radius 1 is 0.795 bits per heavy atom. The van der Waals surface area contributed by atoms with Crippen molar-refractivity contribution in [3.05, 3.63) is 108 Å². The summed E-state index contributed by atoms with van der Waals surface area (Å²) in [7, 11) is 1.47. The van der Waals surface area contributed by atoms with Gasteiger partial charge < -0.3 is 18.9 Å². The summed E-state index contributed by atoms with van der Waals surface area (Å²) in [5.74, 6) is 0.905. The first-order valence-corrected chi connectivity index (χ1v) is 12.3. The Morgan fingerprint density at radius 3 is 2.15 bits per heavy atom. The molecule has 0 aliphatic heterocycles. The van der Waals surface area contributed by atoms with Gasteiger partial charge in [-0.3, -0.25) is 4.79 Å². The fourth-order valence-corrected chi connectivity index (χ4v) is 3.60. The van der Waals surface area contributed by atoms with E-state index in [0.717, 1.165) is 11.1 Å². The second-order valence-electron chi connectivity index (χ2n) is 8.23. The first-order valence-electron chi connectivity index (χ1n) is 12.3. The number of hydrazone groups is 1. The van der Waals surface area contributed by atoms with E-state index in [0.29, 0.717) is 35.0 Å². The number of methoxy groups -OCH3 is 1. The second kappa shape index (κ2) is 13.4. The van der Waals surface area contributed by atoms with Crippen LogP contribution in [0.25, 0.3) is 11.1 Å². The zero-order valence-electron chi connectivity index (χ0n) is 21.6. The maximum Gasteiger partial charge on any atom is 0.343 e. The number of hydrogen-bond donors (Lipinski definition) is 1. The number of nitrogens with one attached hydrogen (secondary N) is 1. The molecule has 0 radical (unpaired) electrons. The lowest BCUT2D eigenvalue weighted by atomic mass is 10.1. The van der Waals surface area contributed by atoms with Crippen molar-refractivity contribution in [2.45, 2.75) is 6.92 Å². The van der Waals surface area contributed by atoms with Crippen LogP contribution in [0.2, 0.25) is 0 Å². The van der Waals surface area contributed by atoms with Crippen LogP contribution in [0.1, 0.15) is 22.8 Å². The summed E-state index contributed by atoms with van der Waals surface area (Å²) in [6, 6.07) is 29.1. The Hall–Kier alpha value is -5.11. The normalized spacial score (nSPS) is 10.6. The molecule has 0 fully saturated rings. The molecule has 8 nitrogen and oxygen atoms in total. The van der Waals surface area contributed by atoms with Gasteiger partial charge >= 0.3 is 5.97 Å². The van der Waals surface area contributed by atoms with Gasteiger partial charge in [-0.05, 0) is 78.2 Å². The highest BCUT2D eigenvalue weighted by atomic mass is 16.6. The molecule has 4 aromatic carbocycles. The summed E-state index contributed by atoms with van der Waals surface area (Å²) in [6.45, 7) is 2.24. The van der Waals surface area contributed by atoms with Crippen LogP contribution in [0.15, 0.2) is 102 Å². The van der Waals surface area contributed by atoms with Crippen LogP contribution in [-0.2, 0) is 4.79 Å². The van der Waals surface area contributed by atoms with Crippen molar-refractivity contribution < 1.29 is 28.5 Å². The summed E-state index contributed by atoms with van der Waals surface area (Å²) in [5.41, 5.74) is 5.60. The lowest BCUT2D eigenvalue weighted by Gasteiger charge is -2.10. The first-order chi connectivity index (χ1) is 19.1. The number of hydrogen-bond acceptors (Lipinski definition) is 7. The molecular formula is C31H28N2O6. The molecule has 4 aromatic rings. The average molecular weight is 525 g/mol. The van der Waals surface area contributed by atoms with E-state index in [1.54, 1.807) is 42.5 Å². The minimum atomic E-state index is -0.528. The number of rotatable bonds is 11. The highest BCUT2D eigenvalue weighted by Crippen LogP contribution is 2.28. The smallest absolute Gasteiger partial charge is 0.343 e. The molecule has 8 heteroatoms. The van der Waals surface area contributed by atoms with Crippen molar-refractivity contribution in [2.24, 2.45) is 5.10 Å². The SMILES string of the molecule is CCOc1ccc(C(=O)Oc2ccc(/C=N/NC(=O)COc3ccc(-c4ccccc4)cc3)cc2OC)cc1. The largest absolute Gasteiger partial charge is 0.494 e. The molecule has 0 heterocycles. The number of benzene rings is 4. The molecule has 1 amide bonds. The fourth-order valence-electron chi connectivity index (χ4n) is 3.60. The maximum absolute atomic E-state index is 12.5. The number of nitrogens with zero attached hydrogens (tertiary/aromatic N) is 1. The highest BCUT2D eigenvalue weighted by molar-refractivity contribution is 5.92. The van der Waals surface area contributed by atoms with Crippen LogP contribution in [0.3, 0.4) is 0 Å². The number of carbonyl (C=O) groups is 2. The van der Waals surface area contributed by atoms with Crippen molar-refractivity contribution in [2.75, 3.05) is 20.3 Å². The molecular weight excluding hydrogens is 496 g/mol. The molecule has 0 saturated carbocycles. The average Bonchev–Trinajstić information content (AvgIpc) is 2.98. The third-order valence-electron chi connectivity index (χ3n) is 5.53. The van der Waals surface area contributed by atoms with Gasteiger partial charge in [0, 0.05) is 0 Å². The van der Waals surface area contributed by atoms with Gasteiger partial charge in [-0.15, -0.1) is 0 Å². The molecule has 0 saturated heterocycles. The standard InChI is InChI=1S/C31H28N2O6/c1-3-37-26-16-12-25(13-17-26)31(35)39-28-18-9-22(19-29(28)36-2)20-32-33-30(34)21-38-27-14-10-24(11-15-27)23-7-5-4-6-8-23/h4-20H,3,21H2,1-2H3,(H,33,34)/b32-20+. The third-order valence-corrected chi connectivity index (χ3v) is 5.53. The van der Waals surface area contributed by atoms with E-state index in [9.17, 15) is 9.59 Å². The van der Waals surface area contributed by atoms with Gasteiger partial charge in [-0.1, -0.05) is 42.5 Å². The molecule has 0 bridgehead atoms. The minimum absolute atomic E-state index is 0.189. The predicted molar refractivity (Wildman–Crippen MR) is 149 cm³/mol. The third kappa shape index (κ3) is 7.69. The molecule has 198 valence electrons. The molecule has 4 rings (SSSR count). The van der Waals surface area contributed by atoms with Crippen LogP contribution in [0.5, 0.6) is 23.0 Å². The van der Waals surface area contributed by atoms with Crippen molar-refractivity contribution in [3.8, 4) is 34.1 Å². The number of esters is 1. The van der Waals surface area contributed by atoms with E-state index < -0.39 is 11.9 Å². The van der Waals surface area contributed by atoms with Crippen LogP contribution in [0.4, 0.5) is 0 Å². The molecule has 0 aliphatic carbocycles. The van der Waals surface area contributed by atoms with Gasteiger partial charge in [-0.2, -0.15) is 5.10 Å². The van der Waals surface area contributed by atoms with Gasteiger partial charge in [0.15, 0.2) is 18.1 Å². The second-order valence-corrected chi connectivity index (χ2v) is 8.23. The van der Waals surface area contributed by atoms with Gasteiger partial charge in [0.2, 0.25) is 0 Å². The maximum atomic E-state index is 12.5. The number of amides is 1. The van der Waals surface area contributed by atoms with Crippen LogP contribution in [-0.4, -0.2) is 38.4 Å². The molecule has 39 heavy (non-hydrogen) atoms. The predicted octanol–water partition coefficient (Wildman–Crippen LogP) is 5.51. The molecule has 0 atom stereocenters. The molecule has 1 N–H and O–H groups in total. The van der Waals surface area contributed by atoms with E-state index in [2.05, 4.69) is 10.5 Å². The van der Waals surface area contributed by atoms with Crippen molar-refractivity contribution in [1.82, 2.24) is 5.43 Å². The van der Waals surface area contributed by atoms with E-state index in [-0.39, 0.29) is 12.4 Å². The highest BCUT2D eigenvalue weighted by Gasteiger charge is 2.13. The minimum Gasteiger partial charge on any atom is -0.494 e. The molecule has 0 unspecified atom stereocenters. The Kier molecular flexibility index (Phi) is 9.28. The number of ether oxygens (including phenoxy) is 4. The summed E-state index contributed by atoms with van der Waals surface area (Å²) in [4.78, 5) is 24.7. The Morgan fingerprint density at radius 2 is 1.46 bits per heavy atom. The number of carbonyl (C=O) groups excluding carboxylic acids is 2. The Labute approximate surface area is 226 Å². The van der Waals surface area contributed by atoms with Gasteiger partial charge in [-0.25, -0.2) is 10.2 Å². The first kappa shape index (κ1) is 26.9. The summed E-state index contributed by atoms with van der Waals surface area (Å²) < 4.78 is 21.8. The summed E-state index contributed by atoms with van der Waals surface area (Å²) in [5, 5.41) is 3.96. The van der Waals surface area contributed by atoms with Crippen molar-refractivity contribution >= 4 is 18.1 Å². The Bertz CT molecular complexity index is 1420. The van der Waals surface area contributed by atoms with E-state index in [4.69, 9.17) is 18.9 Å². The van der Waals surface area contributed by atoms with Gasteiger partial charge in [0.25, 0.3) is 5.91 Å². The lowest BCUT2D eigenvalue weighted by Crippen LogP contribution is -2.24. The van der Waals surface area contributed by atoms with E-state index in [1.807, 2.05) is 61.5 Å². The monoisotopic (exact) mass is 524 g/mol. The molecule has 0 spiro atoms. The lowest BCUT2D eigenvalue weighted by molar-refractivity contribution is -0.123. The topological polar surface area (TPSA) is 95.5 Å². The zero-order valence-corrected chi connectivity index (χ0v) is 21.6. The quantitative estimate of drug-likeness (QED) is 0.120. The van der Waals surface area contributed by atoms with Crippen LogP contribution >= 0.6 is 0 Å². The van der Waals surface area contributed by atoms with E-state index >= 15 is 0 Å². The van der Waals surface area contributed by atoms with Gasteiger partial charge in [0.1, 0.15) is 11.5 Å². The van der Waals surface area contributed by atoms with Crippen LogP contribution in [0, 0.1) is 0 Å². The Balaban J connectivity index is 1.27. The fraction of sp³-hybridized carbons (Fsp3) is 0.129. The van der Waals surface area contributed by atoms with E-state index in [1.165, 1.54) is 13.3 Å². The zero-order chi connectivity index (χ0) is 27.5. The molecule has 0 aliphatic rings.